The molecule has 5 rings (SSSR count). The predicted octanol–water partition coefficient (Wildman–Crippen LogP) is 4.52. The van der Waals surface area contributed by atoms with Crippen molar-refractivity contribution < 1.29 is 13.6 Å². The summed E-state index contributed by atoms with van der Waals surface area (Å²) in [6.45, 7) is 1.42. The third-order valence-electron chi connectivity index (χ3n) is 6.15. The maximum atomic E-state index is 12.9. The van der Waals surface area contributed by atoms with Crippen molar-refractivity contribution in [2.45, 2.75) is 31.7 Å². The van der Waals surface area contributed by atoms with Crippen LogP contribution < -0.4 is 0 Å². The average Bonchev–Trinajstić information content (AvgIpc) is 3.55. The van der Waals surface area contributed by atoms with Crippen molar-refractivity contribution in [3.8, 4) is 5.69 Å². The van der Waals surface area contributed by atoms with Crippen LogP contribution in [0, 0.1) is 0 Å². The van der Waals surface area contributed by atoms with Gasteiger partial charge in [-0.2, -0.15) is 15.0 Å². The molecule has 4 aromatic rings. The molecule has 1 aliphatic heterocycles. The third-order valence-corrected chi connectivity index (χ3v) is 6.40. The molecule has 3 heterocycles. The molecule has 0 saturated carbocycles. The fraction of sp³-hybridized carbons (Fsp3) is 0.292. The number of rotatable bonds is 6. The number of halogens is 3. The summed E-state index contributed by atoms with van der Waals surface area (Å²) in [5, 5.41) is 17.9. The van der Waals surface area contributed by atoms with Crippen molar-refractivity contribution in [2.75, 3.05) is 13.1 Å². The molecule has 2 aromatic carbocycles. The van der Waals surface area contributed by atoms with E-state index in [-0.39, 0.29) is 17.4 Å². The van der Waals surface area contributed by atoms with Crippen LogP contribution in [0.3, 0.4) is 0 Å². The molecular weight excluding hydrogens is 476 g/mol. The molecule has 1 amide bonds. The smallest absolute Gasteiger partial charge is 0.263 e. The molecule has 0 unspecified atom stereocenters. The number of carbonyl (C=O) groups excluding carboxylic acids is 1. The minimum atomic E-state index is -2.55. The van der Waals surface area contributed by atoms with Crippen LogP contribution in [0.25, 0.3) is 5.69 Å². The van der Waals surface area contributed by atoms with Crippen LogP contribution in [-0.2, 0) is 6.54 Å². The maximum absolute atomic E-state index is 12.9. The predicted molar refractivity (Wildman–Crippen MR) is 125 cm³/mol. The molecule has 2 aromatic heterocycles. The number of aromatic nitrogens is 6. The minimum Gasteiger partial charge on any atom is -0.339 e. The fourth-order valence-corrected chi connectivity index (χ4v) is 4.44. The van der Waals surface area contributed by atoms with Gasteiger partial charge in [-0.05, 0) is 49.2 Å². The molecular formula is C24H22ClF2N7O. The molecule has 1 aliphatic rings. The van der Waals surface area contributed by atoms with E-state index in [1.165, 1.54) is 24.3 Å². The van der Waals surface area contributed by atoms with E-state index in [0.717, 1.165) is 11.5 Å². The Balaban J connectivity index is 1.35. The Morgan fingerprint density at radius 3 is 2.26 bits per heavy atom. The topological polar surface area (TPSA) is 81.7 Å². The normalized spacial score (nSPS) is 14.6. The molecule has 0 aliphatic carbocycles. The minimum absolute atomic E-state index is 0.0859. The zero-order valence-corrected chi connectivity index (χ0v) is 19.4. The van der Waals surface area contributed by atoms with Gasteiger partial charge in [-0.3, -0.25) is 9.36 Å². The third kappa shape index (κ3) is 4.93. The molecule has 0 N–H and O–H groups in total. The van der Waals surface area contributed by atoms with E-state index in [4.69, 9.17) is 11.6 Å². The summed E-state index contributed by atoms with van der Waals surface area (Å²) in [4.78, 5) is 16.2. The average molecular weight is 498 g/mol. The molecule has 35 heavy (non-hydrogen) atoms. The first-order valence-corrected chi connectivity index (χ1v) is 11.6. The highest BCUT2D eigenvalue weighted by molar-refractivity contribution is 6.30. The molecule has 11 heteroatoms. The number of amides is 1. The van der Waals surface area contributed by atoms with Crippen LogP contribution in [0.5, 0.6) is 0 Å². The highest BCUT2D eigenvalue weighted by Gasteiger charge is 2.29. The van der Waals surface area contributed by atoms with Gasteiger partial charge in [0.15, 0.2) is 5.82 Å². The number of piperidine rings is 1. The first-order chi connectivity index (χ1) is 17.0. The van der Waals surface area contributed by atoms with Crippen LogP contribution >= 0.6 is 11.6 Å². The van der Waals surface area contributed by atoms with Gasteiger partial charge in [0, 0.05) is 40.8 Å². The van der Waals surface area contributed by atoms with Gasteiger partial charge < -0.3 is 4.90 Å². The molecule has 8 nitrogen and oxygen atoms in total. The number of benzene rings is 2. The van der Waals surface area contributed by atoms with Gasteiger partial charge in [0.05, 0.1) is 12.4 Å². The molecule has 180 valence electrons. The van der Waals surface area contributed by atoms with Crippen LogP contribution in [0.1, 0.15) is 52.8 Å². The van der Waals surface area contributed by atoms with E-state index in [0.29, 0.717) is 48.9 Å². The molecule has 0 radical (unpaired) electrons. The summed E-state index contributed by atoms with van der Waals surface area (Å²) < 4.78 is 27.6. The van der Waals surface area contributed by atoms with Gasteiger partial charge in [0.2, 0.25) is 0 Å². The van der Waals surface area contributed by atoms with Crippen LogP contribution in [0.2, 0.25) is 5.02 Å². The quantitative estimate of drug-likeness (QED) is 0.391. The monoisotopic (exact) mass is 497 g/mol. The first kappa shape index (κ1) is 23.1. The molecule has 0 atom stereocenters. The fourth-order valence-electron chi connectivity index (χ4n) is 4.31. The zero-order valence-electron chi connectivity index (χ0n) is 18.6. The zero-order chi connectivity index (χ0) is 24.4. The van der Waals surface area contributed by atoms with Gasteiger partial charge in [0.1, 0.15) is 12.4 Å². The lowest BCUT2D eigenvalue weighted by Crippen LogP contribution is -2.38. The second-order valence-corrected chi connectivity index (χ2v) is 8.77. The first-order valence-electron chi connectivity index (χ1n) is 11.2. The van der Waals surface area contributed by atoms with Crippen molar-refractivity contribution in [1.29, 1.82) is 0 Å². The van der Waals surface area contributed by atoms with Gasteiger partial charge >= 0.3 is 0 Å². The molecule has 0 spiro atoms. The van der Waals surface area contributed by atoms with E-state index in [1.807, 2.05) is 28.8 Å². The Morgan fingerprint density at radius 1 is 0.971 bits per heavy atom. The lowest BCUT2D eigenvalue weighted by atomic mass is 9.95. The number of hydrogen-bond acceptors (Lipinski definition) is 5. The molecule has 1 fully saturated rings. The lowest BCUT2D eigenvalue weighted by Gasteiger charge is -2.32. The summed E-state index contributed by atoms with van der Waals surface area (Å²) in [6, 6.07) is 13.0. The Kier molecular flexibility index (Phi) is 6.54. The summed E-state index contributed by atoms with van der Waals surface area (Å²) in [5.41, 5.74) is 1.20. The number of likely N-dealkylation sites (tertiary alicyclic amines) is 1. The van der Waals surface area contributed by atoms with Crippen molar-refractivity contribution in [3.63, 3.8) is 0 Å². The Bertz CT molecular complexity index is 1280. The van der Waals surface area contributed by atoms with Crippen molar-refractivity contribution in [2.24, 2.45) is 0 Å². The SMILES string of the molecule is O=C(c1ccc(C(F)F)cc1)N1CCC(c2nnc(Cn3nccn3)n2-c2ccc(Cl)cc2)CC1. The standard InChI is InChI=1S/C24H22ClF2N7O/c25-19-5-7-20(8-6-19)34-21(15-33-28-11-12-29-33)30-31-23(34)17-9-13-32(14-10-17)24(35)18-3-1-16(2-4-18)22(26)27/h1-8,11-12,17,22H,9-10,13-15H2. The van der Waals surface area contributed by atoms with Crippen LogP contribution in [0.4, 0.5) is 8.78 Å². The largest absolute Gasteiger partial charge is 0.339 e. The van der Waals surface area contributed by atoms with Crippen molar-refractivity contribution in [1.82, 2.24) is 34.7 Å². The number of hydrogen-bond donors (Lipinski definition) is 0. The Labute approximate surface area is 205 Å². The lowest BCUT2D eigenvalue weighted by molar-refractivity contribution is 0.0710. The van der Waals surface area contributed by atoms with E-state index in [9.17, 15) is 13.6 Å². The maximum Gasteiger partial charge on any atom is 0.263 e. The molecule has 1 saturated heterocycles. The van der Waals surface area contributed by atoms with Crippen molar-refractivity contribution in [3.05, 3.63) is 88.7 Å². The highest BCUT2D eigenvalue weighted by Crippen LogP contribution is 2.30. The summed E-state index contributed by atoms with van der Waals surface area (Å²) in [7, 11) is 0. The number of carbonyl (C=O) groups is 1. The van der Waals surface area contributed by atoms with E-state index < -0.39 is 6.43 Å². The highest BCUT2D eigenvalue weighted by atomic mass is 35.5. The van der Waals surface area contributed by atoms with Gasteiger partial charge in [-0.25, -0.2) is 8.78 Å². The van der Waals surface area contributed by atoms with Crippen LogP contribution in [0.15, 0.2) is 60.9 Å². The second-order valence-electron chi connectivity index (χ2n) is 8.33. The summed E-state index contributed by atoms with van der Waals surface area (Å²) in [5.74, 6) is 1.43. The van der Waals surface area contributed by atoms with Gasteiger partial charge in [-0.1, -0.05) is 23.7 Å². The Hall–Kier alpha value is -3.66. The van der Waals surface area contributed by atoms with Crippen molar-refractivity contribution >= 4 is 17.5 Å². The Morgan fingerprint density at radius 2 is 1.63 bits per heavy atom. The molecule has 0 bridgehead atoms. The van der Waals surface area contributed by atoms with E-state index >= 15 is 0 Å². The van der Waals surface area contributed by atoms with E-state index in [2.05, 4.69) is 20.4 Å². The van der Waals surface area contributed by atoms with Crippen LogP contribution in [-0.4, -0.2) is 53.7 Å². The second kappa shape index (κ2) is 9.91. The number of nitrogens with zero attached hydrogens (tertiary/aromatic N) is 7. The van der Waals surface area contributed by atoms with Gasteiger partial charge in [-0.15, -0.1) is 10.2 Å². The van der Waals surface area contributed by atoms with E-state index in [1.54, 1.807) is 22.1 Å². The summed E-state index contributed by atoms with van der Waals surface area (Å²) >= 11 is 6.10. The summed E-state index contributed by atoms with van der Waals surface area (Å²) in [6.07, 6.45) is 2.07. The number of alkyl halides is 2. The van der Waals surface area contributed by atoms with Gasteiger partial charge in [0.25, 0.3) is 12.3 Å².